The minimum atomic E-state index is -0.626. The maximum atomic E-state index is 14.6. The summed E-state index contributed by atoms with van der Waals surface area (Å²) < 4.78 is 19.3. The molecule has 1 aromatic heterocycles. The quantitative estimate of drug-likeness (QED) is 0.351. The molecule has 0 radical (unpaired) electrons. The average Bonchev–Trinajstić information content (AvgIpc) is 3.42. The standard InChI is InChI=1S/C29H29ClFN5O4/c1-16-5-3-8-24(36-12-11-17(13-25(36)37)19-6-4-7-21(30)26(19)31)27-32-15-23(34-27)20-10-9-18(33-29(39)40-2)14-22(20)35-28(16)38/h4,6-7,9-10,13-16,24H,3,5,8,11-12H2,1-2H3,(H,32,34)(H,33,39)(H,35,38)/t16-,24+/m1/s1. The SMILES string of the molecule is COC(=O)Nc1ccc2c(c1)NC(=O)[C@H](C)CCC[C@H](N1CCC(c3cccc(Cl)c3F)=CC1=O)c1nc-2c[nH]1. The van der Waals surface area contributed by atoms with E-state index in [1.54, 1.807) is 41.4 Å². The van der Waals surface area contributed by atoms with Gasteiger partial charge in [0.15, 0.2) is 0 Å². The predicted octanol–water partition coefficient (Wildman–Crippen LogP) is 6.16. The fraction of sp³-hybridized carbons (Fsp3) is 0.310. The number of nitrogens with one attached hydrogen (secondary N) is 3. The molecule has 3 heterocycles. The number of carbonyl (C=O) groups is 3. The van der Waals surface area contributed by atoms with Gasteiger partial charge in [0.25, 0.3) is 0 Å². The molecular weight excluding hydrogens is 537 g/mol. The van der Waals surface area contributed by atoms with E-state index in [0.717, 1.165) is 0 Å². The molecule has 2 aliphatic rings. The summed E-state index contributed by atoms with van der Waals surface area (Å²) in [5, 5.41) is 5.60. The van der Waals surface area contributed by atoms with Gasteiger partial charge >= 0.3 is 6.09 Å². The monoisotopic (exact) mass is 565 g/mol. The van der Waals surface area contributed by atoms with E-state index in [4.69, 9.17) is 16.6 Å². The number of amides is 3. The number of hydrogen-bond donors (Lipinski definition) is 3. The van der Waals surface area contributed by atoms with Gasteiger partial charge in [0.2, 0.25) is 11.8 Å². The van der Waals surface area contributed by atoms with Crippen molar-refractivity contribution in [3.05, 3.63) is 70.9 Å². The number of nitrogens with zero attached hydrogens (tertiary/aromatic N) is 2. The average molecular weight is 566 g/mol. The van der Waals surface area contributed by atoms with Crippen LogP contribution in [0.25, 0.3) is 16.8 Å². The third-order valence-corrected chi connectivity index (χ3v) is 7.63. The summed E-state index contributed by atoms with van der Waals surface area (Å²) in [4.78, 5) is 47.9. The van der Waals surface area contributed by atoms with E-state index in [-0.39, 0.29) is 28.8 Å². The van der Waals surface area contributed by atoms with Crippen molar-refractivity contribution in [3.63, 3.8) is 0 Å². The van der Waals surface area contributed by atoms with E-state index in [0.29, 0.717) is 71.8 Å². The van der Waals surface area contributed by atoms with Crippen molar-refractivity contribution in [1.29, 1.82) is 0 Å². The fourth-order valence-electron chi connectivity index (χ4n) is 5.14. The lowest BCUT2D eigenvalue weighted by Crippen LogP contribution is -2.38. The molecule has 3 N–H and O–H groups in total. The largest absolute Gasteiger partial charge is 0.453 e. The van der Waals surface area contributed by atoms with Gasteiger partial charge in [-0.3, -0.25) is 14.9 Å². The highest BCUT2D eigenvalue weighted by atomic mass is 35.5. The number of imidazole rings is 1. The number of aromatic amines is 1. The number of fused-ring (bicyclic) bond motifs is 4. The number of aromatic nitrogens is 2. The van der Waals surface area contributed by atoms with Crippen LogP contribution in [0, 0.1) is 11.7 Å². The first-order valence-electron chi connectivity index (χ1n) is 13.1. The zero-order valence-corrected chi connectivity index (χ0v) is 22.8. The minimum Gasteiger partial charge on any atom is -0.453 e. The Balaban J connectivity index is 1.48. The predicted molar refractivity (Wildman–Crippen MR) is 150 cm³/mol. The van der Waals surface area contributed by atoms with Gasteiger partial charge in [-0.15, -0.1) is 0 Å². The molecule has 2 aromatic carbocycles. The molecule has 9 nitrogen and oxygen atoms in total. The Morgan fingerprint density at radius 3 is 2.80 bits per heavy atom. The van der Waals surface area contributed by atoms with E-state index >= 15 is 0 Å². The molecule has 0 fully saturated rings. The summed E-state index contributed by atoms with van der Waals surface area (Å²) >= 11 is 5.97. The van der Waals surface area contributed by atoms with Gasteiger partial charge in [-0.2, -0.15) is 0 Å². The Bertz CT molecular complexity index is 1500. The van der Waals surface area contributed by atoms with Crippen LogP contribution in [-0.4, -0.2) is 46.4 Å². The van der Waals surface area contributed by atoms with Gasteiger partial charge in [0.1, 0.15) is 11.6 Å². The number of carbonyl (C=O) groups excluding carboxylic acids is 3. The van der Waals surface area contributed by atoms with Gasteiger partial charge in [-0.1, -0.05) is 37.1 Å². The van der Waals surface area contributed by atoms with Crippen LogP contribution in [0.5, 0.6) is 0 Å². The summed E-state index contributed by atoms with van der Waals surface area (Å²) in [6.07, 6.45) is 4.92. The zero-order valence-electron chi connectivity index (χ0n) is 22.1. The molecule has 0 saturated heterocycles. The van der Waals surface area contributed by atoms with Gasteiger partial charge < -0.3 is 19.9 Å². The van der Waals surface area contributed by atoms with E-state index in [1.807, 2.05) is 6.92 Å². The third kappa shape index (κ3) is 5.58. The number of anilines is 2. The van der Waals surface area contributed by atoms with Crippen molar-refractivity contribution in [2.24, 2.45) is 5.92 Å². The zero-order chi connectivity index (χ0) is 28.4. The highest BCUT2D eigenvalue weighted by Crippen LogP contribution is 2.36. The number of methoxy groups -OCH3 is 1. The van der Waals surface area contributed by atoms with Crippen LogP contribution in [-0.2, 0) is 14.3 Å². The molecular formula is C29H29ClFN5O4. The number of rotatable bonds is 3. The van der Waals surface area contributed by atoms with Crippen LogP contribution in [0.4, 0.5) is 20.6 Å². The van der Waals surface area contributed by atoms with Crippen LogP contribution >= 0.6 is 11.6 Å². The van der Waals surface area contributed by atoms with E-state index in [1.165, 1.54) is 19.3 Å². The normalized spacial score (nSPS) is 19.5. The number of hydrogen-bond acceptors (Lipinski definition) is 5. The van der Waals surface area contributed by atoms with Crippen LogP contribution in [0.15, 0.2) is 48.7 Å². The number of benzene rings is 2. The lowest BCUT2D eigenvalue weighted by Gasteiger charge is -2.33. The topological polar surface area (TPSA) is 116 Å². The van der Waals surface area contributed by atoms with Crippen molar-refractivity contribution in [2.75, 3.05) is 24.3 Å². The maximum Gasteiger partial charge on any atom is 0.411 e. The summed E-state index contributed by atoms with van der Waals surface area (Å²) in [7, 11) is 1.27. The molecule has 2 aliphatic heterocycles. The second-order valence-corrected chi connectivity index (χ2v) is 10.3. The molecule has 5 rings (SSSR count). The fourth-order valence-corrected chi connectivity index (χ4v) is 5.31. The highest BCUT2D eigenvalue weighted by molar-refractivity contribution is 6.31. The Labute approximate surface area is 235 Å². The second-order valence-electron chi connectivity index (χ2n) is 9.94. The lowest BCUT2D eigenvalue weighted by atomic mass is 9.95. The molecule has 0 spiro atoms. The molecule has 0 aliphatic carbocycles. The van der Waals surface area contributed by atoms with Crippen LogP contribution in [0.3, 0.4) is 0 Å². The molecule has 3 amide bonds. The highest BCUT2D eigenvalue weighted by Gasteiger charge is 2.31. The Hall–Kier alpha value is -4.18. The van der Waals surface area contributed by atoms with E-state index in [9.17, 15) is 18.8 Å². The summed E-state index contributed by atoms with van der Waals surface area (Å²) in [6.45, 7) is 2.24. The van der Waals surface area contributed by atoms with Crippen LogP contribution in [0.1, 0.15) is 50.0 Å². The van der Waals surface area contributed by atoms with Crippen molar-refractivity contribution in [2.45, 2.75) is 38.6 Å². The molecule has 0 saturated carbocycles. The summed E-state index contributed by atoms with van der Waals surface area (Å²) in [5.74, 6) is -0.596. The summed E-state index contributed by atoms with van der Waals surface area (Å²) in [5.41, 5.74) is 3.11. The second kappa shape index (κ2) is 11.5. The first-order chi connectivity index (χ1) is 19.2. The lowest BCUT2D eigenvalue weighted by molar-refractivity contribution is -0.129. The Morgan fingerprint density at radius 2 is 2.02 bits per heavy atom. The molecule has 2 atom stereocenters. The van der Waals surface area contributed by atoms with Crippen LogP contribution < -0.4 is 10.6 Å². The molecule has 2 bridgehead atoms. The summed E-state index contributed by atoms with van der Waals surface area (Å²) in [6, 6.07) is 9.52. The Morgan fingerprint density at radius 1 is 1.20 bits per heavy atom. The number of H-pyrrole nitrogens is 1. The van der Waals surface area contributed by atoms with Gasteiger partial charge in [0.05, 0.1) is 29.6 Å². The van der Waals surface area contributed by atoms with E-state index in [2.05, 4.69) is 20.4 Å². The van der Waals surface area contributed by atoms with Crippen molar-refractivity contribution < 1.29 is 23.5 Å². The van der Waals surface area contributed by atoms with Crippen molar-refractivity contribution >= 4 is 46.5 Å². The van der Waals surface area contributed by atoms with Crippen LogP contribution in [0.2, 0.25) is 5.02 Å². The van der Waals surface area contributed by atoms with Gasteiger partial charge in [-0.25, -0.2) is 14.2 Å². The molecule has 11 heteroatoms. The smallest absolute Gasteiger partial charge is 0.411 e. The van der Waals surface area contributed by atoms with E-state index < -0.39 is 11.9 Å². The molecule has 0 unspecified atom stereocenters. The molecule has 40 heavy (non-hydrogen) atoms. The first kappa shape index (κ1) is 27.4. The number of halogens is 2. The van der Waals surface area contributed by atoms with Crippen molar-refractivity contribution in [3.8, 4) is 11.3 Å². The maximum absolute atomic E-state index is 14.6. The Kier molecular flexibility index (Phi) is 7.88. The molecule has 3 aromatic rings. The first-order valence-corrected chi connectivity index (χ1v) is 13.4. The van der Waals surface area contributed by atoms with Crippen molar-refractivity contribution in [1.82, 2.24) is 14.9 Å². The minimum absolute atomic E-state index is 0.0161. The third-order valence-electron chi connectivity index (χ3n) is 7.34. The van der Waals surface area contributed by atoms with Gasteiger partial charge in [0, 0.05) is 41.5 Å². The molecule has 208 valence electrons. The van der Waals surface area contributed by atoms with Gasteiger partial charge in [-0.05, 0) is 49.1 Å². The number of ether oxygens (including phenoxy) is 1.